The minimum atomic E-state index is 0.0360. The second-order valence-corrected chi connectivity index (χ2v) is 7.67. The molecule has 0 unspecified atom stereocenters. The smallest absolute Gasteiger partial charge is 0.257 e. The lowest BCUT2D eigenvalue weighted by molar-refractivity contribution is 0.0704. The van der Waals surface area contributed by atoms with E-state index in [0.717, 1.165) is 41.5 Å². The molecule has 0 aliphatic carbocycles. The molecular weight excluding hydrogens is 346 g/mol. The van der Waals surface area contributed by atoms with Crippen LogP contribution in [0.25, 0.3) is 10.6 Å². The van der Waals surface area contributed by atoms with Crippen LogP contribution in [0.5, 0.6) is 0 Å². The van der Waals surface area contributed by atoms with Crippen molar-refractivity contribution >= 4 is 17.2 Å². The second kappa shape index (κ2) is 6.99. The van der Waals surface area contributed by atoms with E-state index in [2.05, 4.69) is 21.5 Å². The Morgan fingerprint density at radius 3 is 2.96 bits per heavy atom. The number of thiophene rings is 1. The molecule has 26 heavy (non-hydrogen) atoms. The number of carbonyl (C=O) groups is 1. The number of amides is 1. The minimum Gasteiger partial charge on any atom is -0.338 e. The van der Waals surface area contributed by atoms with Crippen molar-refractivity contribution in [1.82, 2.24) is 24.6 Å². The molecule has 0 bridgehead atoms. The van der Waals surface area contributed by atoms with E-state index in [-0.39, 0.29) is 11.8 Å². The van der Waals surface area contributed by atoms with Gasteiger partial charge in [-0.3, -0.25) is 9.48 Å². The van der Waals surface area contributed by atoms with Gasteiger partial charge in [0.1, 0.15) is 5.82 Å². The van der Waals surface area contributed by atoms with Crippen LogP contribution >= 0.6 is 11.3 Å². The molecule has 1 saturated heterocycles. The van der Waals surface area contributed by atoms with Crippen molar-refractivity contribution < 1.29 is 4.79 Å². The molecule has 0 N–H and O–H groups in total. The molecule has 6 nitrogen and oxygen atoms in total. The summed E-state index contributed by atoms with van der Waals surface area (Å²) in [4.78, 5) is 25.3. The summed E-state index contributed by atoms with van der Waals surface area (Å²) in [6.45, 7) is 3.43. The fourth-order valence-corrected chi connectivity index (χ4v) is 4.10. The lowest BCUT2D eigenvalue weighted by Crippen LogP contribution is -2.39. The maximum atomic E-state index is 12.7. The van der Waals surface area contributed by atoms with E-state index >= 15 is 0 Å². The number of nitrogens with zero attached hydrogens (tertiary/aromatic N) is 5. The third kappa shape index (κ3) is 3.39. The largest absolute Gasteiger partial charge is 0.338 e. The zero-order chi connectivity index (χ0) is 18.1. The van der Waals surface area contributed by atoms with Crippen molar-refractivity contribution in [2.24, 2.45) is 7.05 Å². The van der Waals surface area contributed by atoms with Gasteiger partial charge in [-0.25, -0.2) is 9.97 Å². The maximum Gasteiger partial charge on any atom is 0.257 e. The Labute approximate surface area is 156 Å². The van der Waals surface area contributed by atoms with Crippen LogP contribution in [-0.2, 0) is 7.05 Å². The fourth-order valence-electron chi connectivity index (χ4n) is 3.41. The van der Waals surface area contributed by atoms with Gasteiger partial charge in [0.2, 0.25) is 0 Å². The van der Waals surface area contributed by atoms with Crippen molar-refractivity contribution in [1.29, 1.82) is 0 Å². The molecule has 134 valence electrons. The molecule has 0 aromatic carbocycles. The van der Waals surface area contributed by atoms with E-state index in [0.29, 0.717) is 12.1 Å². The molecular formula is C19H21N5OS. The predicted molar refractivity (Wildman–Crippen MR) is 101 cm³/mol. The van der Waals surface area contributed by atoms with Crippen LogP contribution in [0, 0.1) is 6.92 Å². The van der Waals surface area contributed by atoms with Crippen LogP contribution in [0.15, 0.2) is 36.0 Å². The first kappa shape index (κ1) is 16.9. The highest BCUT2D eigenvalue weighted by Gasteiger charge is 2.28. The first-order valence-corrected chi connectivity index (χ1v) is 9.65. The van der Waals surface area contributed by atoms with Gasteiger partial charge in [-0.15, -0.1) is 11.3 Å². The second-order valence-electron chi connectivity index (χ2n) is 6.72. The molecule has 4 heterocycles. The standard InChI is InChI=1S/C19H21N5OS/c1-13-9-16(17-6-4-8-26-17)22-18(21-13)14-5-3-7-24(12-14)19(25)15-10-20-23(2)11-15/h4,6,8-11,14H,3,5,7,12H2,1-2H3/t14-/m1/s1. The van der Waals surface area contributed by atoms with Gasteiger partial charge in [0.15, 0.2) is 0 Å². The first-order valence-electron chi connectivity index (χ1n) is 8.77. The third-order valence-corrected chi connectivity index (χ3v) is 5.56. The number of likely N-dealkylation sites (tertiary alicyclic amines) is 1. The lowest BCUT2D eigenvalue weighted by Gasteiger charge is -2.32. The number of rotatable bonds is 3. The average molecular weight is 367 g/mol. The summed E-state index contributed by atoms with van der Waals surface area (Å²) in [6, 6.07) is 6.14. The Bertz CT molecular complexity index is 918. The summed E-state index contributed by atoms with van der Waals surface area (Å²) < 4.78 is 1.66. The van der Waals surface area contributed by atoms with Gasteiger partial charge in [0, 0.05) is 37.9 Å². The molecule has 0 radical (unpaired) electrons. The van der Waals surface area contributed by atoms with Crippen LogP contribution in [0.1, 0.15) is 40.6 Å². The summed E-state index contributed by atoms with van der Waals surface area (Å²) in [5, 5.41) is 6.16. The molecule has 1 aliphatic rings. The number of hydrogen-bond acceptors (Lipinski definition) is 5. The summed E-state index contributed by atoms with van der Waals surface area (Å²) in [6.07, 6.45) is 5.36. The normalized spacial score (nSPS) is 17.5. The Morgan fingerprint density at radius 1 is 1.35 bits per heavy atom. The Kier molecular flexibility index (Phi) is 4.55. The minimum absolute atomic E-state index is 0.0360. The van der Waals surface area contributed by atoms with Crippen LogP contribution < -0.4 is 0 Å². The van der Waals surface area contributed by atoms with Gasteiger partial charge in [-0.05, 0) is 37.3 Å². The molecule has 1 fully saturated rings. The monoisotopic (exact) mass is 367 g/mol. The molecule has 1 aliphatic heterocycles. The molecule has 3 aromatic heterocycles. The van der Waals surface area contributed by atoms with Crippen LogP contribution in [-0.4, -0.2) is 43.6 Å². The number of piperidine rings is 1. The number of aryl methyl sites for hydroxylation is 2. The molecule has 4 rings (SSSR count). The third-order valence-electron chi connectivity index (χ3n) is 4.67. The van der Waals surface area contributed by atoms with Gasteiger partial charge in [-0.2, -0.15) is 5.10 Å². The van der Waals surface area contributed by atoms with Crippen molar-refractivity contribution in [3.05, 3.63) is 53.1 Å². The Balaban J connectivity index is 1.57. The molecule has 7 heteroatoms. The Morgan fingerprint density at radius 2 is 2.23 bits per heavy atom. The maximum absolute atomic E-state index is 12.7. The first-order chi connectivity index (χ1) is 12.6. The SMILES string of the molecule is Cc1cc(-c2cccs2)nc([C@@H]2CCCN(C(=O)c3cnn(C)c3)C2)n1. The number of carbonyl (C=O) groups excluding carboxylic acids is 1. The van der Waals surface area contributed by atoms with Crippen molar-refractivity contribution in [2.45, 2.75) is 25.7 Å². The van der Waals surface area contributed by atoms with E-state index in [4.69, 9.17) is 4.98 Å². The Hall–Kier alpha value is -2.54. The van der Waals surface area contributed by atoms with E-state index in [1.54, 1.807) is 28.4 Å². The lowest BCUT2D eigenvalue weighted by atomic mass is 9.96. The van der Waals surface area contributed by atoms with Gasteiger partial charge >= 0.3 is 0 Å². The summed E-state index contributed by atoms with van der Waals surface area (Å²) in [5.74, 6) is 1.05. The summed E-state index contributed by atoms with van der Waals surface area (Å²) >= 11 is 1.68. The summed E-state index contributed by atoms with van der Waals surface area (Å²) in [7, 11) is 1.82. The zero-order valence-electron chi connectivity index (χ0n) is 14.9. The predicted octanol–water partition coefficient (Wildman–Crippen LogP) is 3.27. The molecule has 1 atom stereocenters. The molecule has 1 amide bonds. The molecule has 0 spiro atoms. The van der Waals surface area contributed by atoms with Gasteiger partial charge in [0.25, 0.3) is 5.91 Å². The van der Waals surface area contributed by atoms with Crippen LogP contribution in [0.3, 0.4) is 0 Å². The fraction of sp³-hybridized carbons (Fsp3) is 0.368. The van der Waals surface area contributed by atoms with E-state index < -0.39 is 0 Å². The topological polar surface area (TPSA) is 63.9 Å². The number of hydrogen-bond donors (Lipinski definition) is 0. The highest BCUT2D eigenvalue weighted by molar-refractivity contribution is 7.13. The van der Waals surface area contributed by atoms with Crippen LogP contribution in [0.2, 0.25) is 0 Å². The van der Waals surface area contributed by atoms with Gasteiger partial charge < -0.3 is 4.90 Å². The van der Waals surface area contributed by atoms with Crippen molar-refractivity contribution in [3.63, 3.8) is 0 Å². The van der Waals surface area contributed by atoms with Gasteiger partial charge in [-0.1, -0.05) is 6.07 Å². The average Bonchev–Trinajstić information content (AvgIpc) is 3.32. The van der Waals surface area contributed by atoms with Crippen LogP contribution in [0.4, 0.5) is 0 Å². The number of aromatic nitrogens is 4. The van der Waals surface area contributed by atoms with E-state index in [1.165, 1.54) is 0 Å². The highest BCUT2D eigenvalue weighted by Crippen LogP contribution is 2.29. The summed E-state index contributed by atoms with van der Waals surface area (Å²) in [5.41, 5.74) is 2.57. The van der Waals surface area contributed by atoms with E-state index in [1.807, 2.05) is 31.0 Å². The molecule has 0 saturated carbocycles. The van der Waals surface area contributed by atoms with Gasteiger partial charge in [0.05, 0.1) is 22.3 Å². The zero-order valence-corrected chi connectivity index (χ0v) is 15.7. The van der Waals surface area contributed by atoms with E-state index in [9.17, 15) is 4.79 Å². The quantitative estimate of drug-likeness (QED) is 0.713. The van der Waals surface area contributed by atoms with Crippen molar-refractivity contribution in [2.75, 3.05) is 13.1 Å². The van der Waals surface area contributed by atoms with Crippen molar-refractivity contribution in [3.8, 4) is 10.6 Å². The highest BCUT2D eigenvalue weighted by atomic mass is 32.1. The molecule has 3 aromatic rings.